The van der Waals surface area contributed by atoms with Crippen LogP contribution in [-0.4, -0.2) is 34.9 Å². The van der Waals surface area contributed by atoms with E-state index in [4.69, 9.17) is 19.2 Å². The van der Waals surface area contributed by atoms with Crippen LogP contribution in [0.1, 0.15) is 43.6 Å². The average molecular weight is 470 g/mol. The van der Waals surface area contributed by atoms with Crippen molar-refractivity contribution in [1.82, 2.24) is 4.98 Å². The van der Waals surface area contributed by atoms with Gasteiger partial charge in [0.1, 0.15) is 11.5 Å². The number of rotatable bonds is 4. The molecule has 0 fully saturated rings. The van der Waals surface area contributed by atoms with Gasteiger partial charge in [0.15, 0.2) is 6.10 Å². The van der Waals surface area contributed by atoms with E-state index >= 15 is 0 Å². The lowest BCUT2D eigenvalue weighted by molar-refractivity contribution is -0.160. The third kappa shape index (κ3) is 3.51. The summed E-state index contributed by atoms with van der Waals surface area (Å²) in [6.07, 6.45) is 2.10. The van der Waals surface area contributed by atoms with Crippen molar-refractivity contribution in [2.45, 2.75) is 45.3 Å². The Bertz CT molecular complexity index is 1490. The van der Waals surface area contributed by atoms with Crippen LogP contribution in [0.4, 0.5) is 0 Å². The fraction of sp³-hybridized carbons (Fsp3) is 0.310. The Morgan fingerprint density at radius 2 is 1.80 bits per heavy atom. The second-order valence-corrected chi connectivity index (χ2v) is 10.1. The molecule has 4 aromatic rings. The van der Waals surface area contributed by atoms with Gasteiger partial charge in [-0.05, 0) is 55.5 Å². The van der Waals surface area contributed by atoms with Gasteiger partial charge in [-0.2, -0.15) is 0 Å². The van der Waals surface area contributed by atoms with Crippen molar-refractivity contribution in [2.24, 2.45) is 0 Å². The molecule has 2 aliphatic rings. The average Bonchev–Trinajstić information content (AvgIpc) is 3.32. The topological polar surface area (TPSA) is 77.9 Å². The van der Waals surface area contributed by atoms with Crippen molar-refractivity contribution in [1.29, 1.82) is 0 Å². The summed E-state index contributed by atoms with van der Waals surface area (Å²) in [5.41, 5.74) is 4.60. The third-order valence-corrected chi connectivity index (χ3v) is 6.70. The highest BCUT2D eigenvalue weighted by atomic mass is 16.5. The van der Waals surface area contributed by atoms with E-state index in [1.54, 1.807) is 0 Å². The van der Waals surface area contributed by atoms with E-state index in [0.29, 0.717) is 25.2 Å². The molecule has 0 radical (unpaired) electrons. The number of carboxylic acid groups (broad SMARTS) is 1. The summed E-state index contributed by atoms with van der Waals surface area (Å²) in [7, 11) is 0. The van der Waals surface area contributed by atoms with Crippen LogP contribution in [0.25, 0.3) is 32.8 Å². The number of pyridine rings is 1. The first kappa shape index (κ1) is 21.9. The number of aliphatic carboxylic acids is 1. The summed E-state index contributed by atoms with van der Waals surface area (Å²) in [4.78, 5) is 17.5. The minimum absolute atomic E-state index is 0.508. The first-order chi connectivity index (χ1) is 16.8. The molecule has 1 N–H and O–H groups in total. The second-order valence-electron chi connectivity index (χ2n) is 10.1. The Labute approximate surface area is 203 Å². The molecule has 3 heterocycles. The zero-order valence-electron chi connectivity index (χ0n) is 20.1. The Hall–Kier alpha value is -3.64. The van der Waals surface area contributed by atoms with Crippen LogP contribution in [0.5, 0.6) is 11.5 Å². The van der Waals surface area contributed by atoms with Crippen molar-refractivity contribution in [3.05, 3.63) is 65.4 Å². The summed E-state index contributed by atoms with van der Waals surface area (Å²) in [6.45, 7) is 6.77. The van der Waals surface area contributed by atoms with Crippen LogP contribution in [0.3, 0.4) is 0 Å². The van der Waals surface area contributed by atoms with Gasteiger partial charge in [0.25, 0.3) is 0 Å². The molecule has 0 aliphatic carbocycles. The van der Waals surface area contributed by atoms with E-state index in [-0.39, 0.29) is 0 Å². The number of aromatic nitrogens is 1. The van der Waals surface area contributed by atoms with Crippen LogP contribution in [-0.2, 0) is 22.4 Å². The molecule has 0 amide bonds. The minimum atomic E-state index is -1.16. The number of carboxylic acids is 1. The Balaban J connectivity index is 1.76. The molecule has 6 heteroatoms. The van der Waals surface area contributed by atoms with E-state index in [1.807, 2.05) is 69.4 Å². The predicted molar refractivity (Wildman–Crippen MR) is 134 cm³/mol. The SMILES string of the molecule is CC(C)(C)O[C@H](C(=O)O)c1c2c(c3ccccc3c1-c1ccc3c4c(ccnc14)CCO3)OCC2. The number of fused-ring (bicyclic) bond motifs is 3. The summed E-state index contributed by atoms with van der Waals surface area (Å²) in [5, 5.41) is 13.3. The fourth-order valence-electron chi connectivity index (χ4n) is 5.42. The number of hydrogen-bond donors (Lipinski definition) is 1. The van der Waals surface area contributed by atoms with E-state index in [1.165, 1.54) is 5.56 Å². The molecule has 3 aromatic carbocycles. The van der Waals surface area contributed by atoms with Crippen molar-refractivity contribution in [3.8, 4) is 22.6 Å². The van der Waals surface area contributed by atoms with Crippen LogP contribution >= 0.6 is 0 Å². The molecule has 0 saturated carbocycles. The van der Waals surface area contributed by atoms with E-state index in [0.717, 1.165) is 56.3 Å². The van der Waals surface area contributed by atoms with Gasteiger partial charge in [0, 0.05) is 46.5 Å². The molecule has 178 valence electrons. The predicted octanol–water partition coefficient (Wildman–Crippen LogP) is 5.87. The molecule has 35 heavy (non-hydrogen) atoms. The van der Waals surface area contributed by atoms with Gasteiger partial charge < -0.3 is 19.3 Å². The number of benzene rings is 3. The Morgan fingerprint density at radius 1 is 1.03 bits per heavy atom. The number of carbonyl (C=O) groups is 1. The molecule has 0 saturated heterocycles. The third-order valence-electron chi connectivity index (χ3n) is 6.70. The normalized spacial score (nSPS) is 15.5. The maximum Gasteiger partial charge on any atom is 0.337 e. The lowest BCUT2D eigenvalue weighted by Crippen LogP contribution is -2.28. The highest BCUT2D eigenvalue weighted by molar-refractivity contribution is 6.10. The van der Waals surface area contributed by atoms with Gasteiger partial charge in [-0.25, -0.2) is 4.79 Å². The number of hydrogen-bond acceptors (Lipinski definition) is 5. The van der Waals surface area contributed by atoms with Gasteiger partial charge >= 0.3 is 5.97 Å². The number of ether oxygens (including phenoxy) is 3. The van der Waals surface area contributed by atoms with Gasteiger partial charge in [-0.1, -0.05) is 24.3 Å². The van der Waals surface area contributed by atoms with Crippen molar-refractivity contribution >= 4 is 27.6 Å². The first-order valence-corrected chi connectivity index (χ1v) is 12.0. The maximum absolute atomic E-state index is 12.7. The summed E-state index contributed by atoms with van der Waals surface area (Å²) in [5.74, 6) is 0.542. The summed E-state index contributed by atoms with van der Waals surface area (Å²) in [6, 6.07) is 14.0. The lowest BCUT2D eigenvalue weighted by atomic mass is 9.84. The van der Waals surface area contributed by atoms with Crippen LogP contribution in [0, 0.1) is 0 Å². The molecule has 1 atom stereocenters. The van der Waals surface area contributed by atoms with E-state index in [9.17, 15) is 9.90 Å². The van der Waals surface area contributed by atoms with Gasteiger partial charge in [-0.15, -0.1) is 0 Å². The van der Waals surface area contributed by atoms with Crippen LogP contribution in [0.2, 0.25) is 0 Å². The smallest absolute Gasteiger partial charge is 0.337 e. The van der Waals surface area contributed by atoms with Gasteiger partial charge in [0.05, 0.1) is 24.3 Å². The van der Waals surface area contributed by atoms with Crippen molar-refractivity contribution in [2.75, 3.05) is 13.2 Å². The molecule has 0 bridgehead atoms. The maximum atomic E-state index is 12.7. The van der Waals surface area contributed by atoms with Crippen molar-refractivity contribution < 1.29 is 24.1 Å². The lowest BCUT2D eigenvalue weighted by Gasteiger charge is -2.29. The fourth-order valence-corrected chi connectivity index (χ4v) is 5.42. The Morgan fingerprint density at radius 3 is 2.57 bits per heavy atom. The molecule has 6 nitrogen and oxygen atoms in total. The largest absolute Gasteiger partial charge is 0.493 e. The zero-order chi connectivity index (χ0) is 24.3. The standard InChI is InChI=1S/C29H27NO5/c1-29(2,3)35-27(28(31)32)24-20-12-15-34-26(20)18-7-5-4-6-17(18)23(24)19-8-9-21-22-16(11-14-33-21)10-13-30-25(19)22/h4-10,13,27H,11-12,14-15H2,1-3H3,(H,31,32)/t27-/m0/s1. The first-order valence-electron chi connectivity index (χ1n) is 12.0. The monoisotopic (exact) mass is 469 g/mol. The highest BCUT2D eigenvalue weighted by Crippen LogP contribution is 2.49. The van der Waals surface area contributed by atoms with Gasteiger partial charge in [0.2, 0.25) is 0 Å². The molecular formula is C29H27NO5. The van der Waals surface area contributed by atoms with Gasteiger partial charge in [-0.3, -0.25) is 4.98 Å². The quantitative estimate of drug-likeness (QED) is 0.403. The van der Waals surface area contributed by atoms with Crippen molar-refractivity contribution in [3.63, 3.8) is 0 Å². The Kier molecular flexibility index (Phi) is 4.97. The molecule has 1 aromatic heterocycles. The molecular weight excluding hydrogens is 442 g/mol. The zero-order valence-corrected chi connectivity index (χ0v) is 20.1. The minimum Gasteiger partial charge on any atom is -0.493 e. The van der Waals surface area contributed by atoms with E-state index in [2.05, 4.69) is 0 Å². The molecule has 0 unspecified atom stereocenters. The molecule has 2 aliphatic heterocycles. The summed E-state index contributed by atoms with van der Waals surface area (Å²) >= 11 is 0. The van der Waals surface area contributed by atoms with Crippen LogP contribution in [0.15, 0.2) is 48.7 Å². The summed E-state index contributed by atoms with van der Waals surface area (Å²) < 4.78 is 18.2. The molecule has 0 spiro atoms. The highest BCUT2D eigenvalue weighted by Gasteiger charge is 2.36. The molecule has 6 rings (SSSR count). The van der Waals surface area contributed by atoms with Crippen LogP contribution < -0.4 is 9.47 Å². The van der Waals surface area contributed by atoms with E-state index < -0.39 is 17.7 Å². The number of nitrogens with zero attached hydrogens (tertiary/aromatic N) is 1. The second kappa shape index (κ2) is 7.95.